The minimum atomic E-state index is 0. The molecule has 4 nitrogen and oxygen atoms in total. The minimum Gasteiger partial charge on any atom is -0.376 e. The van der Waals surface area contributed by atoms with E-state index in [9.17, 15) is 0 Å². The molecule has 1 atom stereocenters. The van der Waals surface area contributed by atoms with Gasteiger partial charge in [-0.15, -0.1) is 35.3 Å². The molecule has 21 heavy (non-hydrogen) atoms. The Labute approximate surface area is 147 Å². The highest BCUT2D eigenvalue weighted by Crippen LogP contribution is 2.27. The van der Waals surface area contributed by atoms with Crippen LogP contribution in [0.1, 0.15) is 30.6 Å². The Bertz CT molecular complexity index is 428. The zero-order chi connectivity index (χ0) is 13.6. The summed E-state index contributed by atoms with van der Waals surface area (Å²) in [6.45, 7) is 3.56. The fourth-order valence-electron chi connectivity index (χ4n) is 2.31. The third-order valence-electron chi connectivity index (χ3n) is 3.75. The normalized spacial score (nSPS) is 21.9. The Morgan fingerprint density at radius 3 is 2.81 bits per heavy atom. The van der Waals surface area contributed by atoms with E-state index in [4.69, 9.17) is 4.74 Å². The van der Waals surface area contributed by atoms with E-state index in [0.29, 0.717) is 6.10 Å². The number of aliphatic imine (C=N–C) groups is 1. The van der Waals surface area contributed by atoms with Crippen LogP contribution in [0.2, 0.25) is 0 Å². The number of rotatable bonds is 6. The maximum Gasteiger partial charge on any atom is 0.191 e. The van der Waals surface area contributed by atoms with Crippen LogP contribution in [0, 0.1) is 5.92 Å². The highest BCUT2D eigenvalue weighted by atomic mass is 127. The lowest BCUT2D eigenvalue weighted by Gasteiger charge is -2.15. The van der Waals surface area contributed by atoms with Crippen LogP contribution in [-0.4, -0.2) is 31.8 Å². The van der Waals surface area contributed by atoms with Gasteiger partial charge in [0.2, 0.25) is 0 Å². The summed E-state index contributed by atoms with van der Waals surface area (Å²) in [6.07, 6.45) is 5.41. The van der Waals surface area contributed by atoms with Gasteiger partial charge in [0, 0.05) is 24.6 Å². The van der Waals surface area contributed by atoms with Gasteiger partial charge in [0.15, 0.2) is 5.96 Å². The van der Waals surface area contributed by atoms with Crippen molar-refractivity contribution in [2.45, 2.75) is 38.3 Å². The van der Waals surface area contributed by atoms with Crippen LogP contribution in [0.5, 0.6) is 0 Å². The van der Waals surface area contributed by atoms with E-state index in [-0.39, 0.29) is 24.0 Å². The fourth-order valence-corrected chi connectivity index (χ4v) is 2.94. The van der Waals surface area contributed by atoms with Crippen molar-refractivity contribution in [1.82, 2.24) is 10.6 Å². The number of hydrogen-bond acceptors (Lipinski definition) is 3. The molecule has 1 aliphatic carbocycles. The number of hydrogen-bond donors (Lipinski definition) is 2. The largest absolute Gasteiger partial charge is 0.376 e. The number of halogens is 1. The minimum absolute atomic E-state index is 0. The Balaban J connectivity index is 0.00000161. The summed E-state index contributed by atoms with van der Waals surface area (Å²) in [5.74, 6) is 1.78. The van der Waals surface area contributed by atoms with Crippen molar-refractivity contribution in [3.63, 3.8) is 0 Å². The average Bonchev–Trinajstić information content (AvgIpc) is 2.95. The van der Waals surface area contributed by atoms with Gasteiger partial charge in [0.25, 0.3) is 0 Å². The lowest BCUT2D eigenvalue weighted by molar-refractivity contribution is 0.114. The second kappa shape index (κ2) is 8.95. The summed E-state index contributed by atoms with van der Waals surface area (Å²) >= 11 is 1.76. The molecule has 0 radical (unpaired) electrons. The first-order valence-corrected chi connectivity index (χ1v) is 8.44. The van der Waals surface area contributed by atoms with Gasteiger partial charge >= 0.3 is 0 Å². The van der Waals surface area contributed by atoms with E-state index < -0.39 is 0 Å². The molecule has 2 N–H and O–H groups in total. The number of nitrogens with one attached hydrogen (secondary N) is 2. The smallest absolute Gasteiger partial charge is 0.191 e. The van der Waals surface area contributed by atoms with Crippen LogP contribution in [-0.2, 0) is 11.3 Å². The Hall–Kier alpha value is -0.340. The second-order valence-corrected chi connectivity index (χ2v) is 6.62. The van der Waals surface area contributed by atoms with E-state index >= 15 is 0 Å². The highest BCUT2D eigenvalue weighted by molar-refractivity contribution is 14.0. The molecule has 0 bridgehead atoms. The predicted octanol–water partition coefficient (Wildman–Crippen LogP) is 2.99. The van der Waals surface area contributed by atoms with Gasteiger partial charge in [0.05, 0.1) is 12.6 Å². The molecule has 6 heteroatoms. The van der Waals surface area contributed by atoms with Gasteiger partial charge in [-0.05, 0) is 43.0 Å². The Morgan fingerprint density at radius 1 is 1.29 bits per heavy atom. The zero-order valence-corrected chi connectivity index (χ0v) is 15.4. The highest BCUT2D eigenvalue weighted by Gasteiger charge is 2.21. The van der Waals surface area contributed by atoms with E-state index in [0.717, 1.165) is 44.5 Å². The summed E-state index contributed by atoms with van der Waals surface area (Å²) in [4.78, 5) is 5.98. The molecule has 3 rings (SSSR count). The molecule has 2 aliphatic rings. The first-order chi connectivity index (χ1) is 9.90. The van der Waals surface area contributed by atoms with Crippen molar-refractivity contribution >= 4 is 41.3 Å². The Kier molecular flexibility index (Phi) is 7.25. The lowest BCUT2D eigenvalue weighted by Crippen LogP contribution is -2.41. The van der Waals surface area contributed by atoms with Crippen LogP contribution >= 0.6 is 35.3 Å². The maximum absolute atomic E-state index is 5.65. The quantitative estimate of drug-likeness (QED) is 0.422. The molecule has 2 fully saturated rings. The van der Waals surface area contributed by atoms with Gasteiger partial charge in [-0.2, -0.15) is 0 Å². The molecule has 118 valence electrons. The van der Waals surface area contributed by atoms with Gasteiger partial charge < -0.3 is 15.4 Å². The lowest BCUT2D eigenvalue weighted by atomic mass is 10.2. The number of ether oxygens (including phenoxy) is 1. The maximum atomic E-state index is 5.65. The van der Waals surface area contributed by atoms with Crippen molar-refractivity contribution in [2.75, 3.05) is 19.7 Å². The number of thiophene rings is 1. The van der Waals surface area contributed by atoms with Crippen molar-refractivity contribution in [3.8, 4) is 0 Å². The van der Waals surface area contributed by atoms with Crippen LogP contribution < -0.4 is 10.6 Å². The Morgan fingerprint density at radius 2 is 2.14 bits per heavy atom. The molecule has 0 spiro atoms. The third-order valence-corrected chi connectivity index (χ3v) is 4.61. The summed E-state index contributed by atoms with van der Waals surface area (Å²) < 4.78 is 5.65. The number of nitrogens with zero attached hydrogens (tertiary/aromatic N) is 1. The monoisotopic (exact) mass is 421 g/mol. The average molecular weight is 421 g/mol. The summed E-state index contributed by atoms with van der Waals surface area (Å²) in [7, 11) is 0. The second-order valence-electron chi connectivity index (χ2n) is 5.58. The molecule has 0 aromatic carbocycles. The fraction of sp³-hybridized carbons (Fsp3) is 0.667. The zero-order valence-electron chi connectivity index (χ0n) is 12.2. The molecule has 2 heterocycles. The summed E-state index contributed by atoms with van der Waals surface area (Å²) in [6, 6.07) is 4.21. The topological polar surface area (TPSA) is 45.7 Å². The van der Waals surface area contributed by atoms with Crippen LogP contribution in [0.15, 0.2) is 22.5 Å². The molecule has 1 saturated heterocycles. The van der Waals surface area contributed by atoms with E-state index in [1.807, 2.05) is 0 Å². The van der Waals surface area contributed by atoms with Gasteiger partial charge in [-0.25, -0.2) is 4.99 Å². The molecule has 1 aliphatic heterocycles. The van der Waals surface area contributed by atoms with E-state index in [2.05, 4.69) is 33.1 Å². The van der Waals surface area contributed by atoms with Crippen molar-refractivity contribution < 1.29 is 4.74 Å². The van der Waals surface area contributed by atoms with E-state index in [1.54, 1.807) is 11.3 Å². The molecular weight excluding hydrogens is 397 g/mol. The molecule has 1 aromatic rings. The van der Waals surface area contributed by atoms with Crippen LogP contribution in [0.3, 0.4) is 0 Å². The van der Waals surface area contributed by atoms with Gasteiger partial charge in [-0.1, -0.05) is 6.07 Å². The standard InChI is InChI=1S/C15H23N3OS.HI/c1-3-13(19-7-1)10-17-15(16-9-12-5-6-12)18-11-14-4-2-8-20-14;/h2,4,8,12-13H,1,3,5-7,9-11H2,(H2,16,17,18);1H. The van der Waals surface area contributed by atoms with Crippen molar-refractivity contribution in [2.24, 2.45) is 10.9 Å². The molecule has 1 aromatic heterocycles. The van der Waals surface area contributed by atoms with Crippen LogP contribution in [0.25, 0.3) is 0 Å². The first kappa shape index (κ1) is 17.0. The van der Waals surface area contributed by atoms with Crippen molar-refractivity contribution in [3.05, 3.63) is 22.4 Å². The number of guanidine groups is 1. The molecular formula is C15H24IN3OS. The molecule has 1 unspecified atom stereocenters. The third kappa shape index (κ3) is 6.12. The molecule has 0 amide bonds. The first-order valence-electron chi connectivity index (χ1n) is 7.56. The van der Waals surface area contributed by atoms with Gasteiger partial charge in [0.1, 0.15) is 0 Å². The SMILES string of the molecule is I.c1csc(CN=C(NCC2CC2)NCC2CCCO2)c1. The predicted molar refractivity (Wildman–Crippen MR) is 98.6 cm³/mol. The summed E-state index contributed by atoms with van der Waals surface area (Å²) in [5, 5.41) is 8.98. The molecule has 1 saturated carbocycles. The van der Waals surface area contributed by atoms with E-state index in [1.165, 1.54) is 24.1 Å². The summed E-state index contributed by atoms with van der Waals surface area (Å²) in [5.41, 5.74) is 0. The van der Waals surface area contributed by atoms with Gasteiger partial charge in [-0.3, -0.25) is 0 Å². The van der Waals surface area contributed by atoms with Crippen LogP contribution in [0.4, 0.5) is 0 Å². The van der Waals surface area contributed by atoms with Crippen molar-refractivity contribution in [1.29, 1.82) is 0 Å².